The number of halogens is 1. The molecule has 0 aliphatic carbocycles. The Labute approximate surface area is 144 Å². The predicted molar refractivity (Wildman–Crippen MR) is 94.6 cm³/mol. The van der Waals surface area contributed by atoms with Crippen LogP contribution in [0.4, 0.5) is 0 Å². The maximum Gasteiger partial charge on any atom is 0.238 e. The van der Waals surface area contributed by atoms with Crippen LogP contribution in [-0.2, 0) is 11.3 Å². The number of hydrazine groups is 1. The lowest BCUT2D eigenvalue weighted by Gasteiger charge is -2.12. The van der Waals surface area contributed by atoms with Gasteiger partial charge in [-0.1, -0.05) is 52.3 Å². The van der Waals surface area contributed by atoms with Crippen molar-refractivity contribution in [1.29, 1.82) is 0 Å². The molecule has 1 aliphatic heterocycles. The zero-order chi connectivity index (χ0) is 16.2. The molecule has 2 atom stereocenters. The summed E-state index contributed by atoms with van der Waals surface area (Å²) in [7, 11) is 0. The largest absolute Gasteiger partial charge is 0.351 e. The first kappa shape index (κ1) is 16.2. The van der Waals surface area contributed by atoms with Crippen LogP contribution >= 0.6 is 15.9 Å². The number of hydrogen-bond acceptors (Lipinski definition) is 3. The van der Waals surface area contributed by atoms with E-state index in [2.05, 4.69) is 57.2 Å². The molecule has 1 saturated heterocycles. The molecule has 2 aromatic carbocycles. The molecule has 3 rings (SSSR count). The van der Waals surface area contributed by atoms with Gasteiger partial charge >= 0.3 is 0 Å². The van der Waals surface area contributed by atoms with Crippen molar-refractivity contribution >= 4 is 21.8 Å². The van der Waals surface area contributed by atoms with Crippen LogP contribution in [-0.4, -0.2) is 11.9 Å². The van der Waals surface area contributed by atoms with E-state index in [1.54, 1.807) is 0 Å². The first-order chi connectivity index (χ1) is 11.1. The highest BCUT2D eigenvalue weighted by atomic mass is 79.9. The number of rotatable bonds is 4. The minimum Gasteiger partial charge on any atom is -0.351 e. The Morgan fingerprint density at radius 2 is 1.91 bits per heavy atom. The zero-order valence-electron chi connectivity index (χ0n) is 13.0. The van der Waals surface area contributed by atoms with Crippen LogP contribution in [0.5, 0.6) is 0 Å². The summed E-state index contributed by atoms with van der Waals surface area (Å²) in [5.74, 6) is 0.0281. The van der Waals surface area contributed by atoms with E-state index in [1.807, 2.05) is 30.3 Å². The smallest absolute Gasteiger partial charge is 0.238 e. The van der Waals surface area contributed by atoms with Gasteiger partial charge in [-0.3, -0.25) is 4.79 Å². The maximum atomic E-state index is 12.3. The van der Waals surface area contributed by atoms with Gasteiger partial charge in [-0.25, -0.2) is 10.9 Å². The first-order valence-electron chi connectivity index (χ1n) is 7.72. The van der Waals surface area contributed by atoms with Gasteiger partial charge in [0, 0.05) is 17.1 Å². The van der Waals surface area contributed by atoms with Gasteiger partial charge in [-0.2, -0.15) is 0 Å². The summed E-state index contributed by atoms with van der Waals surface area (Å²) in [4.78, 5) is 12.3. The predicted octanol–water partition coefficient (Wildman–Crippen LogP) is 2.98. The van der Waals surface area contributed by atoms with Crippen LogP contribution in [0.2, 0.25) is 0 Å². The van der Waals surface area contributed by atoms with E-state index in [0.29, 0.717) is 6.54 Å². The second-order valence-electron chi connectivity index (χ2n) is 5.83. The molecule has 0 saturated carbocycles. The summed E-state index contributed by atoms with van der Waals surface area (Å²) in [6, 6.07) is 16.2. The van der Waals surface area contributed by atoms with Crippen LogP contribution in [0.1, 0.15) is 29.2 Å². The van der Waals surface area contributed by atoms with E-state index >= 15 is 0 Å². The summed E-state index contributed by atoms with van der Waals surface area (Å²) in [5, 5.41) is 3.01. The van der Waals surface area contributed by atoms with Crippen LogP contribution in [0.3, 0.4) is 0 Å². The van der Waals surface area contributed by atoms with Crippen molar-refractivity contribution in [3.63, 3.8) is 0 Å². The molecule has 1 amide bonds. The number of nitrogens with one attached hydrogen (secondary N) is 3. The van der Waals surface area contributed by atoms with Gasteiger partial charge < -0.3 is 5.32 Å². The molecular formula is C18H20BrN3O. The molecule has 120 valence electrons. The van der Waals surface area contributed by atoms with E-state index in [1.165, 1.54) is 11.1 Å². The average molecular weight is 374 g/mol. The fraction of sp³-hybridized carbons (Fsp3) is 0.278. The maximum absolute atomic E-state index is 12.3. The van der Waals surface area contributed by atoms with Gasteiger partial charge in [0.25, 0.3) is 0 Å². The number of hydrogen-bond donors (Lipinski definition) is 3. The molecule has 0 radical (unpaired) electrons. The monoisotopic (exact) mass is 373 g/mol. The van der Waals surface area contributed by atoms with Gasteiger partial charge in [-0.15, -0.1) is 0 Å². The lowest BCUT2D eigenvalue weighted by Crippen LogP contribution is -2.42. The van der Waals surface area contributed by atoms with Crippen molar-refractivity contribution in [2.75, 3.05) is 0 Å². The number of amides is 1. The Bertz CT molecular complexity index is 687. The molecule has 4 nitrogen and oxygen atoms in total. The number of carbonyl (C=O) groups excluding carboxylic acids is 1. The van der Waals surface area contributed by atoms with Crippen molar-refractivity contribution in [3.8, 4) is 0 Å². The molecule has 23 heavy (non-hydrogen) atoms. The molecule has 2 unspecified atom stereocenters. The lowest BCUT2D eigenvalue weighted by molar-refractivity contribution is -0.123. The molecule has 2 aromatic rings. The van der Waals surface area contributed by atoms with Crippen LogP contribution in [0, 0.1) is 6.92 Å². The normalized spacial score (nSPS) is 20.4. The molecule has 0 aromatic heterocycles. The topological polar surface area (TPSA) is 53.2 Å². The third-order valence-corrected chi connectivity index (χ3v) is 4.74. The van der Waals surface area contributed by atoms with Crippen LogP contribution < -0.4 is 16.2 Å². The molecule has 1 aliphatic rings. The number of benzene rings is 2. The first-order valence-corrected chi connectivity index (χ1v) is 8.51. The van der Waals surface area contributed by atoms with Gasteiger partial charge in [0.1, 0.15) is 6.04 Å². The highest BCUT2D eigenvalue weighted by Gasteiger charge is 2.29. The standard InChI is InChI=1S/C18H20BrN3O/c1-12-4-2-3-5-14(12)11-20-18(23)17-10-16(21-22-17)13-6-8-15(19)9-7-13/h2-9,16-17,21-22H,10-11H2,1H3,(H,20,23). The molecule has 0 spiro atoms. The average Bonchev–Trinajstić information content (AvgIpc) is 3.04. The number of aryl methyl sites for hydroxylation is 1. The molecule has 1 fully saturated rings. The molecule has 3 N–H and O–H groups in total. The molecule has 5 heteroatoms. The minimum absolute atomic E-state index is 0.0281. The second-order valence-corrected chi connectivity index (χ2v) is 6.74. The van der Waals surface area contributed by atoms with E-state index in [0.717, 1.165) is 16.5 Å². The van der Waals surface area contributed by atoms with E-state index in [4.69, 9.17) is 0 Å². The molecule has 1 heterocycles. The van der Waals surface area contributed by atoms with Crippen molar-refractivity contribution in [2.24, 2.45) is 0 Å². The Hall–Kier alpha value is -1.69. The van der Waals surface area contributed by atoms with E-state index < -0.39 is 0 Å². The molecule has 0 bridgehead atoms. The van der Waals surface area contributed by atoms with Crippen molar-refractivity contribution in [2.45, 2.75) is 32.0 Å². The third-order valence-electron chi connectivity index (χ3n) is 4.21. The summed E-state index contributed by atoms with van der Waals surface area (Å²) in [6.45, 7) is 2.62. The third kappa shape index (κ3) is 3.99. The van der Waals surface area contributed by atoms with Gasteiger partial charge in [0.15, 0.2) is 0 Å². The van der Waals surface area contributed by atoms with Crippen LogP contribution in [0.15, 0.2) is 53.0 Å². The summed E-state index contributed by atoms with van der Waals surface area (Å²) in [5.41, 5.74) is 9.82. The van der Waals surface area contributed by atoms with Gasteiger partial charge in [0.2, 0.25) is 5.91 Å². The highest BCUT2D eigenvalue weighted by Crippen LogP contribution is 2.23. The van der Waals surface area contributed by atoms with E-state index in [9.17, 15) is 4.79 Å². The zero-order valence-corrected chi connectivity index (χ0v) is 14.6. The Kier molecular flexibility index (Phi) is 5.10. The minimum atomic E-state index is -0.215. The number of carbonyl (C=O) groups is 1. The fourth-order valence-electron chi connectivity index (χ4n) is 2.76. The van der Waals surface area contributed by atoms with Crippen LogP contribution in [0.25, 0.3) is 0 Å². The Balaban J connectivity index is 1.55. The fourth-order valence-corrected chi connectivity index (χ4v) is 3.02. The lowest BCUT2D eigenvalue weighted by atomic mass is 10.0. The SMILES string of the molecule is Cc1ccccc1CNC(=O)C1CC(c2ccc(Br)cc2)NN1. The van der Waals surface area contributed by atoms with Crippen molar-refractivity contribution < 1.29 is 4.79 Å². The summed E-state index contributed by atoms with van der Waals surface area (Å²) in [6.07, 6.45) is 0.737. The van der Waals surface area contributed by atoms with E-state index in [-0.39, 0.29) is 18.0 Å². The second kappa shape index (κ2) is 7.25. The highest BCUT2D eigenvalue weighted by molar-refractivity contribution is 9.10. The quantitative estimate of drug-likeness (QED) is 0.771. The summed E-state index contributed by atoms with van der Waals surface area (Å²) >= 11 is 3.44. The van der Waals surface area contributed by atoms with Gasteiger partial charge in [-0.05, 0) is 42.2 Å². The van der Waals surface area contributed by atoms with Crippen molar-refractivity contribution in [3.05, 3.63) is 69.7 Å². The Morgan fingerprint density at radius 3 is 2.65 bits per heavy atom. The van der Waals surface area contributed by atoms with Gasteiger partial charge in [0.05, 0.1) is 0 Å². The Morgan fingerprint density at radius 1 is 1.17 bits per heavy atom. The van der Waals surface area contributed by atoms with Crippen molar-refractivity contribution in [1.82, 2.24) is 16.2 Å². The summed E-state index contributed by atoms with van der Waals surface area (Å²) < 4.78 is 1.06. The molecular weight excluding hydrogens is 354 g/mol.